The highest BCUT2D eigenvalue weighted by molar-refractivity contribution is 6.04. The molecule has 2 aliphatic rings. The van der Waals surface area contributed by atoms with Crippen molar-refractivity contribution in [2.24, 2.45) is 5.92 Å². The van der Waals surface area contributed by atoms with E-state index in [0.29, 0.717) is 31.6 Å². The second kappa shape index (κ2) is 9.78. The van der Waals surface area contributed by atoms with E-state index in [9.17, 15) is 14.4 Å². The van der Waals surface area contributed by atoms with Gasteiger partial charge in [0, 0.05) is 48.8 Å². The maximum atomic E-state index is 13.8. The Morgan fingerprint density at radius 2 is 1.89 bits per heavy atom. The summed E-state index contributed by atoms with van der Waals surface area (Å²) in [5.41, 5.74) is 4.49. The second-order valence-corrected chi connectivity index (χ2v) is 9.85. The zero-order valence-electron chi connectivity index (χ0n) is 20.8. The molecule has 0 saturated heterocycles. The number of nitrogens with one attached hydrogen (secondary N) is 3. The number of methoxy groups -OCH3 is 1. The quantitative estimate of drug-likeness (QED) is 0.424. The second-order valence-electron chi connectivity index (χ2n) is 9.85. The SMILES string of the molecule is COCCCNC(=O)C(NC(=O)C1Cc2c([nH]c3ccccc23)C2c3ccccc3C(=O)N12)C(C)C. The maximum absolute atomic E-state index is 13.8. The van der Waals surface area contributed by atoms with E-state index in [0.717, 1.165) is 27.7 Å². The minimum Gasteiger partial charge on any atom is -0.385 e. The van der Waals surface area contributed by atoms with Crippen molar-refractivity contribution in [3.05, 3.63) is 70.9 Å². The molecule has 36 heavy (non-hydrogen) atoms. The van der Waals surface area contributed by atoms with Crippen LogP contribution >= 0.6 is 0 Å². The summed E-state index contributed by atoms with van der Waals surface area (Å²) >= 11 is 0. The van der Waals surface area contributed by atoms with Crippen molar-refractivity contribution in [1.82, 2.24) is 20.5 Å². The van der Waals surface area contributed by atoms with Crippen LogP contribution in [0.1, 0.15) is 53.5 Å². The Balaban J connectivity index is 1.48. The number of rotatable bonds is 8. The highest BCUT2D eigenvalue weighted by atomic mass is 16.5. The average molecular weight is 489 g/mol. The normalized spacial score (nSPS) is 19.1. The number of aromatic nitrogens is 1. The zero-order chi connectivity index (χ0) is 25.4. The fourth-order valence-corrected chi connectivity index (χ4v) is 5.46. The van der Waals surface area contributed by atoms with Gasteiger partial charge in [-0.25, -0.2) is 0 Å². The van der Waals surface area contributed by atoms with Gasteiger partial charge in [0.25, 0.3) is 5.91 Å². The molecule has 0 radical (unpaired) electrons. The van der Waals surface area contributed by atoms with E-state index in [1.807, 2.05) is 62.4 Å². The first-order valence-electron chi connectivity index (χ1n) is 12.5. The fourth-order valence-electron chi connectivity index (χ4n) is 5.46. The summed E-state index contributed by atoms with van der Waals surface area (Å²) < 4.78 is 5.04. The number of H-pyrrole nitrogens is 1. The van der Waals surface area contributed by atoms with Gasteiger partial charge in [-0.1, -0.05) is 50.2 Å². The molecule has 188 valence electrons. The van der Waals surface area contributed by atoms with Crippen molar-refractivity contribution >= 4 is 28.6 Å². The van der Waals surface area contributed by atoms with Crippen molar-refractivity contribution in [3.63, 3.8) is 0 Å². The highest BCUT2D eigenvalue weighted by Gasteiger charge is 2.49. The minimum atomic E-state index is -0.732. The minimum absolute atomic E-state index is 0.120. The van der Waals surface area contributed by atoms with Crippen LogP contribution in [0.4, 0.5) is 0 Å². The summed E-state index contributed by atoms with van der Waals surface area (Å²) in [5.74, 6) is -0.829. The molecule has 1 aromatic heterocycles. The van der Waals surface area contributed by atoms with Gasteiger partial charge in [0.15, 0.2) is 0 Å². The molecule has 0 spiro atoms. The predicted molar refractivity (Wildman–Crippen MR) is 137 cm³/mol. The first-order valence-corrected chi connectivity index (χ1v) is 12.5. The average Bonchev–Trinajstić information content (AvgIpc) is 3.40. The van der Waals surface area contributed by atoms with Crippen LogP contribution in [-0.4, -0.2) is 60.0 Å². The lowest BCUT2D eigenvalue weighted by molar-refractivity contribution is -0.132. The van der Waals surface area contributed by atoms with Crippen molar-refractivity contribution < 1.29 is 19.1 Å². The van der Waals surface area contributed by atoms with Gasteiger partial charge >= 0.3 is 0 Å². The summed E-state index contributed by atoms with van der Waals surface area (Å²) in [7, 11) is 1.62. The smallest absolute Gasteiger partial charge is 0.255 e. The Morgan fingerprint density at radius 3 is 2.67 bits per heavy atom. The Morgan fingerprint density at radius 1 is 1.14 bits per heavy atom. The van der Waals surface area contributed by atoms with Gasteiger partial charge in [-0.3, -0.25) is 14.4 Å². The van der Waals surface area contributed by atoms with E-state index in [2.05, 4.69) is 15.6 Å². The molecular weight excluding hydrogens is 456 g/mol. The van der Waals surface area contributed by atoms with E-state index in [1.165, 1.54) is 0 Å². The van der Waals surface area contributed by atoms with Crippen LogP contribution in [0.2, 0.25) is 0 Å². The van der Waals surface area contributed by atoms with E-state index in [1.54, 1.807) is 12.0 Å². The molecule has 2 aromatic carbocycles. The van der Waals surface area contributed by atoms with Crippen LogP contribution in [0.5, 0.6) is 0 Å². The lowest BCUT2D eigenvalue weighted by Crippen LogP contribution is -2.57. The number of hydrogen-bond acceptors (Lipinski definition) is 4. The van der Waals surface area contributed by atoms with E-state index in [4.69, 9.17) is 4.74 Å². The molecule has 0 aliphatic carbocycles. The Hall–Kier alpha value is -3.65. The van der Waals surface area contributed by atoms with Crippen molar-refractivity contribution in [2.45, 2.75) is 44.8 Å². The van der Waals surface area contributed by atoms with E-state index >= 15 is 0 Å². The summed E-state index contributed by atoms with van der Waals surface area (Å²) in [5, 5.41) is 6.92. The van der Waals surface area contributed by atoms with Crippen molar-refractivity contribution in [1.29, 1.82) is 0 Å². The molecule has 3 amide bonds. The fraction of sp³-hybridized carbons (Fsp3) is 0.393. The standard InChI is InChI=1S/C28H32N4O4/c1-16(2)23(27(34)29-13-8-14-36-3)31-26(33)22-15-20-17-9-6-7-12-21(17)30-24(20)25-18-10-4-5-11-19(18)28(35)32(22)25/h4-7,9-12,16,22-23,25,30H,8,13-15H2,1-3H3,(H,29,34)(H,31,33). The third-order valence-electron chi connectivity index (χ3n) is 7.23. The Labute approximate surface area is 210 Å². The first kappa shape index (κ1) is 24.1. The highest BCUT2D eigenvalue weighted by Crippen LogP contribution is 2.46. The van der Waals surface area contributed by atoms with Crippen LogP contribution in [0.25, 0.3) is 10.9 Å². The third kappa shape index (κ3) is 4.05. The van der Waals surface area contributed by atoms with Crippen LogP contribution < -0.4 is 10.6 Å². The van der Waals surface area contributed by atoms with Gasteiger partial charge < -0.3 is 25.3 Å². The van der Waals surface area contributed by atoms with Gasteiger partial charge in [0.2, 0.25) is 11.8 Å². The summed E-state index contributed by atoms with van der Waals surface area (Å²) in [6.45, 7) is 4.82. The molecule has 0 bridgehead atoms. The van der Waals surface area contributed by atoms with Gasteiger partial charge in [-0.15, -0.1) is 0 Å². The number of nitrogens with zero attached hydrogens (tertiary/aromatic N) is 1. The number of carbonyl (C=O) groups excluding carboxylic acids is 3. The number of carbonyl (C=O) groups is 3. The number of benzene rings is 2. The van der Waals surface area contributed by atoms with Crippen molar-refractivity contribution in [3.8, 4) is 0 Å². The van der Waals surface area contributed by atoms with Crippen molar-refractivity contribution in [2.75, 3.05) is 20.3 Å². The Kier molecular flexibility index (Phi) is 6.53. The molecule has 3 N–H and O–H groups in total. The largest absolute Gasteiger partial charge is 0.385 e. The Bertz CT molecular complexity index is 1310. The zero-order valence-corrected chi connectivity index (χ0v) is 20.8. The van der Waals surface area contributed by atoms with Gasteiger partial charge in [0.1, 0.15) is 12.1 Å². The molecule has 3 heterocycles. The van der Waals surface area contributed by atoms with E-state index in [-0.39, 0.29) is 29.7 Å². The molecule has 3 aromatic rings. The number of aromatic amines is 1. The molecule has 8 nitrogen and oxygen atoms in total. The molecule has 5 rings (SSSR count). The molecule has 0 saturated carbocycles. The molecule has 2 aliphatic heterocycles. The number of para-hydroxylation sites is 1. The maximum Gasteiger partial charge on any atom is 0.255 e. The van der Waals surface area contributed by atoms with Gasteiger partial charge in [-0.2, -0.15) is 0 Å². The number of amides is 3. The molecule has 8 heteroatoms. The summed E-state index contributed by atoms with van der Waals surface area (Å²) in [6.07, 6.45) is 1.07. The van der Waals surface area contributed by atoms with Crippen LogP contribution in [0, 0.1) is 5.92 Å². The van der Waals surface area contributed by atoms with Gasteiger partial charge in [-0.05, 0) is 35.6 Å². The van der Waals surface area contributed by atoms with E-state index < -0.39 is 12.1 Å². The summed E-state index contributed by atoms with van der Waals surface area (Å²) in [6, 6.07) is 13.7. The molecule has 0 fully saturated rings. The lowest BCUT2D eigenvalue weighted by Gasteiger charge is -2.38. The van der Waals surface area contributed by atoms with Gasteiger partial charge in [0.05, 0.1) is 6.04 Å². The number of hydrogen-bond donors (Lipinski definition) is 3. The molecular formula is C28H32N4O4. The monoisotopic (exact) mass is 488 g/mol. The molecule has 3 atom stereocenters. The lowest BCUT2D eigenvalue weighted by atomic mass is 9.89. The molecule has 3 unspecified atom stereocenters. The number of ether oxygens (including phenoxy) is 1. The van der Waals surface area contributed by atoms with Crippen LogP contribution in [0.15, 0.2) is 48.5 Å². The summed E-state index contributed by atoms with van der Waals surface area (Å²) in [4.78, 5) is 45.5. The third-order valence-corrected chi connectivity index (χ3v) is 7.23. The first-order chi connectivity index (χ1) is 17.4. The van der Waals surface area contributed by atoms with Crippen LogP contribution in [0.3, 0.4) is 0 Å². The van der Waals surface area contributed by atoms with Crippen LogP contribution in [-0.2, 0) is 20.7 Å². The number of fused-ring (bicyclic) bond motifs is 7. The predicted octanol–water partition coefficient (Wildman–Crippen LogP) is 2.93. The topological polar surface area (TPSA) is 104 Å².